The first-order valence-corrected chi connectivity index (χ1v) is 6.67. The summed E-state index contributed by atoms with van der Waals surface area (Å²) in [5.41, 5.74) is 8.31. The van der Waals surface area contributed by atoms with E-state index in [0.29, 0.717) is 5.92 Å². The molecule has 0 heterocycles. The maximum atomic E-state index is 5.60. The molecular weight excluding hydrogens is 217 g/mol. The highest BCUT2D eigenvalue weighted by molar-refractivity contribution is 7.97. The number of ether oxygens (including phenoxy) is 1. The van der Waals surface area contributed by atoms with Gasteiger partial charge < -0.3 is 10.5 Å². The van der Waals surface area contributed by atoms with Crippen molar-refractivity contribution in [3.63, 3.8) is 0 Å². The minimum absolute atomic E-state index is 0. The van der Waals surface area contributed by atoms with Gasteiger partial charge in [0.05, 0.1) is 7.11 Å². The van der Waals surface area contributed by atoms with Crippen molar-refractivity contribution in [1.82, 2.24) is 0 Å². The molecule has 4 heteroatoms. The Labute approximate surface area is 105 Å². The Morgan fingerprint density at radius 3 is 2.56 bits per heavy atom. The van der Waals surface area contributed by atoms with Gasteiger partial charge in [-0.2, -0.15) is 11.8 Å². The Morgan fingerprint density at radius 2 is 2.06 bits per heavy atom. The first-order valence-electron chi connectivity index (χ1n) is 5.04. The molecule has 87 valence electrons. The lowest BCUT2D eigenvalue weighted by molar-refractivity contribution is 0.400. The lowest BCUT2D eigenvalue weighted by Crippen LogP contribution is -2.25. The van der Waals surface area contributed by atoms with Gasteiger partial charge in [-0.1, -0.05) is 12.1 Å². The van der Waals surface area contributed by atoms with E-state index >= 15 is 0 Å². The van der Waals surface area contributed by atoms with Crippen molar-refractivity contribution >= 4 is 20.2 Å². The van der Waals surface area contributed by atoms with Crippen LogP contribution in [0.4, 0.5) is 0 Å². The van der Waals surface area contributed by atoms with Crippen LogP contribution in [0, 0.1) is 0 Å². The Kier molecular flexibility index (Phi) is 7.34. The van der Waals surface area contributed by atoms with E-state index in [1.807, 2.05) is 24.6 Å². The molecule has 0 aromatic heterocycles. The van der Waals surface area contributed by atoms with Gasteiger partial charge in [0.2, 0.25) is 0 Å². The summed E-state index contributed by atoms with van der Waals surface area (Å²) >= 11 is 1.75. The van der Waals surface area contributed by atoms with Gasteiger partial charge in [0.1, 0.15) is 5.75 Å². The third-order valence-electron chi connectivity index (χ3n) is 2.56. The van der Waals surface area contributed by atoms with Gasteiger partial charge >= 0.3 is 0 Å². The molecule has 0 saturated carbocycles. The van der Waals surface area contributed by atoms with Crippen LogP contribution in [-0.2, 0) is 6.42 Å². The third-order valence-corrected chi connectivity index (χ3v) is 2.56. The van der Waals surface area contributed by atoms with Gasteiger partial charge in [-0.3, -0.25) is 0 Å². The highest BCUT2D eigenvalue weighted by Gasteiger charge is 2.27. The van der Waals surface area contributed by atoms with Gasteiger partial charge in [0.25, 0.3) is 0 Å². The van der Waals surface area contributed by atoms with E-state index in [-0.39, 0.29) is 8.41 Å². The number of benzene rings is 1. The Morgan fingerprint density at radius 1 is 1.44 bits per heavy atom. The third kappa shape index (κ3) is 3.19. The maximum absolute atomic E-state index is 5.60. The Hall–Kier alpha value is -0.605. The molecule has 0 amide bonds. The van der Waals surface area contributed by atoms with Crippen molar-refractivity contribution in [2.75, 3.05) is 26.2 Å². The van der Waals surface area contributed by atoms with Gasteiger partial charge in [-0.05, 0) is 42.7 Å². The van der Waals surface area contributed by atoms with E-state index in [1.165, 1.54) is 11.1 Å². The second kappa shape index (κ2) is 7.63. The van der Waals surface area contributed by atoms with E-state index in [9.17, 15) is 0 Å². The number of thioether (sulfide) groups is 1. The number of hydrogen-bond acceptors (Lipinski definition) is 3. The monoisotopic (exact) mass is 236 g/mol. The molecule has 1 aromatic carbocycles. The zero-order chi connectivity index (χ0) is 11.3. The zero-order valence-electron chi connectivity index (χ0n) is 10.2. The Bertz CT molecular complexity index is 320. The summed E-state index contributed by atoms with van der Waals surface area (Å²) in [6.07, 6.45) is 5.16. The summed E-state index contributed by atoms with van der Waals surface area (Å²) in [7, 11) is 1.71. The molecule has 3 radical (unpaired) electrons. The SMILES string of the molecule is COc1cccc2c1CC2CN.CSC.[B]. The van der Waals surface area contributed by atoms with Gasteiger partial charge in [0, 0.05) is 14.3 Å². The summed E-state index contributed by atoms with van der Waals surface area (Å²) in [4.78, 5) is 0. The predicted octanol–water partition coefficient (Wildman–Crippen LogP) is 1.89. The molecule has 0 aliphatic heterocycles. The first-order chi connectivity index (χ1) is 7.28. The van der Waals surface area contributed by atoms with Crippen LogP contribution < -0.4 is 10.5 Å². The van der Waals surface area contributed by atoms with E-state index in [1.54, 1.807) is 18.9 Å². The van der Waals surface area contributed by atoms with E-state index in [2.05, 4.69) is 6.07 Å². The lowest BCUT2D eigenvalue weighted by atomic mass is 9.77. The molecule has 0 spiro atoms. The summed E-state index contributed by atoms with van der Waals surface area (Å²) in [5.74, 6) is 1.58. The molecule has 2 N–H and O–H groups in total. The molecule has 0 bridgehead atoms. The average molecular weight is 236 g/mol. The maximum Gasteiger partial charge on any atom is 0.122 e. The van der Waals surface area contributed by atoms with Crippen molar-refractivity contribution in [3.05, 3.63) is 29.3 Å². The van der Waals surface area contributed by atoms with E-state index in [4.69, 9.17) is 10.5 Å². The van der Waals surface area contributed by atoms with E-state index < -0.39 is 0 Å². The molecular formula is C12H19BNOS. The van der Waals surface area contributed by atoms with Gasteiger partial charge in [-0.15, -0.1) is 0 Å². The quantitative estimate of drug-likeness (QED) is 0.796. The average Bonchev–Trinajstić information content (AvgIpc) is 2.21. The fraction of sp³-hybridized carbons (Fsp3) is 0.500. The molecule has 1 aromatic rings. The first kappa shape index (κ1) is 15.4. The number of fused-ring (bicyclic) bond motifs is 1. The largest absolute Gasteiger partial charge is 0.496 e. The number of rotatable bonds is 2. The van der Waals surface area contributed by atoms with Crippen LogP contribution in [0.5, 0.6) is 5.75 Å². The minimum atomic E-state index is 0. The Balaban J connectivity index is 0.000000511. The van der Waals surface area contributed by atoms with Crippen LogP contribution in [0.25, 0.3) is 0 Å². The van der Waals surface area contributed by atoms with Crippen molar-refractivity contribution in [3.8, 4) is 5.75 Å². The van der Waals surface area contributed by atoms with Crippen LogP contribution in [0.15, 0.2) is 18.2 Å². The molecule has 2 nitrogen and oxygen atoms in total. The molecule has 1 aliphatic carbocycles. The summed E-state index contributed by atoms with van der Waals surface area (Å²) in [6, 6.07) is 6.17. The fourth-order valence-corrected chi connectivity index (χ4v) is 1.81. The summed E-state index contributed by atoms with van der Waals surface area (Å²) < 4.78 is 5.23. The number of nitrogens with two attached hydrogens (primary N) is 1. The summed E-state index contributed by atoms with van der Waals surface area (Å²) in [6.45, 7) is 0.750. The molecule has 1 aliphatic rings. The van der Waals surface area contributed by atoms with Crippen LogP contribution in [0.3, 0.4) is 0 Å². The molecule has 0 saturated heterocycles. The predicted molar refractivity (Wildman–Crippen MR) is 73.7 cm³/mol. The van der Waals surface area contributed by atoms with E-state index in [0.717, 1.165) is 18.7 Å². The molecule has 1 atom stereocenters. The van der Waals surface area contributed by atoms with Crippen LogP contribution in [0.1, 0.15) is 17.0 Å². The normalized spacial score (nSPS) is 15.9. The van der Waals surface area contributed by atoms with Gasteiger partial charge in [0.15, 0.2) is 0 Å². The smallest absolute Gasteiger partial charge is 0.122 e. The van der Waals surface area contributed by atoms with Crippen molar-refractivity contribution in [2.24, 2.45) is 5.73 Å². The second-order valence-corrected chi connectivity index (χ2v) is 4.39. The second-order valence-electron chi connectivity index (χ2n) is 3.57. The van der Waals surface area contributed by atoms with Crippen LogP contribution >= 0.6 is 11.8 Å². The van der Waals surface area contributed by atoms with Crippen molar-refractivity contribution < 1.29 is 4.74 Å². The minimum Gasteiger partial charge on any atom is -0.496 e. The van der Waals surface area contributed by atoms with Crippen molar-refractivity contribution in [1.29, 1.82) is 0 Å². The standard InChI is InChI=1S/C10H13NO.C2H6S.B/c1-12-10-4-2-3-8-7(6-11)5-9(8)10;1-3-2;/h2-4,7H,5-6,11H2,1H3;1-2H3;. The van der Waals surface area contributed by atoms with Crippen LogP contribution in [-0.4, -0.2) is 34.6 Å². The molecule has 0 fully saturated rings. The molecule has 16 heavy (non-hydrogen) atoms. The molecule has 2 rings (SSSR count). The topological polar surface area (TPSA) is 35.2 Å². The number of methoxy groups -OCH3 is 1. The lowest BCUT2D eigenvalue weighted by Gasteiger charge is -2.30. The zero-order valence-corrected chi connectivity index (χ0v) is 11.0. The van der Waals surface area contributed by atoms with Crippen LogP contribution in [0.2, 0.25) is 0 Å². The van der Waals surface area contributed by atoms with Gasteiger partial charge in [-0.25, -0.2) is 0 Å². The fourth-order valence-electron chi connectivity index (χ4n) is 1.81. The summed E-state index contributed by atoms with van der Waals surface area (Å²) in [5, 5.41) is 0. The number of hydrogen-bond donors (Lipinski definition) is 1. The molecule has 1 unspecified atom stereocenters. The van der Waals surface area contributed by atoms with Crippen molar-refractivity contribution in [2.45, 2.75) is 12.3 Å². The highest BCUT2D eigenvalue weighted by atomic mass is 32.2. The highest BCUT2D eigenvalue weighted by Crippen LogP contribution is 2.39.